The molecule has 10 heteroatoms. The quantitative estimate of drug-likeness (QED) is 0.660. The van der Waals surface area contributed by atoms with E-state index in [0.717, 1.165) is 5.69 Å². The summed E-state index contributed by atoms with van der Waals surface area (Å²) in [5, 5.41) is 17.0. The van der Waals surface area contributed by atoms with Crippen molar-refractivity contribution in [2.45, 2.75) is 24.2 Å². The molecule has 7 nitrogen and oxygen atoms in total. The highest BCUT2D eigenvalue weighted by Gasteiger charge is 2.12. The molecule has 0 unspecified atom stereocenters. The van der Waals surface area contributed by atoms with Gasteiger partial charge in [-0.25, -0.2) is 4.79 Å². The minimum Gasteiger partial charge on any atom is -0.336 e. The molecule has 1 aromatic heterocycles. The van der Waals surface area contributed by atoms with Crippen LogP contribution in [-0.2, 0) is 4.79 Å². The number of nitrogens with zero attached hydrogens (tertiary/aromatic N) is 2. The molecule has 3 amide bonds. The summed E-state index contributed by atoms with van der Waals surface area (Å²) in [6.07, 6.45) is 0. The summed E-state index contributed by atoms with van der Waals surface area (Å²) in [5.74, 6) is -0.319. The molecule has 3 N–H and O–H groups in total. The van der Waals surface area contributed by atoms with Gasteiger partial charge in [0.05, 0.1) is 16.5 Å². The van der Waals surface area contributed by atoms with Crippen LogP contribution in [0.3, 0.4) is 0 Å². The van der Waals surface area contributed by atoms with Gasteiger partial charge < -0.3 is 10.6 Å². The number of imide groups is 1. The Balaban J connectivity index is 1.82. The van der Waals surface area contributed by atoms with Crippen LogP contribution >= 0.6 is 34.7 Å². The van der Waals surface area contributed by atoms with Crippen LogP contribution in [0.2, 0.25) is 5.02 Å². The summed E-state index contributed by atoms with van der Waals surface area (Å²) in [6.45, 7) is 3.63. The Morgan fingerprint density at radius 3 is 2.75 bits per heavy atom. The smallest absolute Gasteiger partial charge is 0.321 e. The SMILES string of the molecule is CC(C)NC(=O)NC(=O)CSc1nnc(Nc2ccccc2Cl)s1. The van der Waals surface area contributed by atoms with Crippen molar-refractivity contribution in [2.75, 3.05) is 11.1 Å². The van der Waals surface area contributed by atoms with Crippen LogP contribution in [0.5, 0.6) is 0 Å². The lowest BCUT2D eigenvalue weighted by Gasteiger charge is -2.08. The average Bonchev–Trinajstić information content (AvgIpc) is 2.94. The third kappa shape index (κ3) is 5.99. The molecule has 0 aliphatic carbocycles. The van der Waals surface area contributed by atoms with E-state index in [2.05, 4.69) is 26.1 Å². The number of aromatic nitrogens is 2. The molecule has 1 heterocycles. The van der Waals surface area contributed by atoms with Crippen molar-refractivity contribution in [3.05, 3.63) is 29.3 Å². The summed E-state index contributed by atoms with van der Waals surface area (Å²) in [5.41, 5.74) is 0.731. The van der Waals surface area contributed by atoms with E-state index in [0.29, 0.717) is 14.5 Å². The predicted molar refractivity (Wildman–Crippen MR) is 97.2 cm³/mol. The minimum atomic E-state index is -0.506. The Bertz CT molecular complexity index is 723. The van der Waals surface area contributed by atoms with E-state index in [9.17, 15) is 9.59 Å². The van der Waals surface area contributed by atoms with Crippen molar-refractivity contribution in [3.63, 3.8) is 0 Å². The number of halogens is 1. The van der Waals surface area contributed by atoms with Crippen LogP contribution in [0.4, 0.5) is 15.6 Å². The zero-order valence-corrected chi connectivity index (χ0v) is 15.4. The lowest BCUT2D eigenvalue weighted by Crippen LogP contribution is -2.43. The van der Waals surface area contributed by atoms with Crippen LogP contribution in [0.15, 0.2) is 28.6 Å². The number of carbonyl (C=O) groups is 2. The Hall–Kier alpha value is -1.84. The van der Waals surface area contributed by atoms with Crippen molar-refractivity contribution < 1.29 is 9.59 Å². The van der Waals surface area contributed by atoms with Gasteiger partial charge in [-0.3, -0.25) is 10.1 Å². The van der Waals surface area contributed by atoms with Crippen LogP contribution < -0.4 is 16.0 Å². The minimum absolute atomic E-state index is 0.0351. The van der Waals surface area contributed by atoms with Gasteiger partial charge >= 0.3 is 6.03 Å². The molecule has 0 fully saturated rings. The second-order valence-corrected chi connectivity index (χ2v) is 7.55. The monoisotopic (exact) mass is 385 g/mol. The van der Waals surface area contributed by atoms with E-state index < -0.39 is 11.9 Å². The summed E-state index contributed by atoms with van der Waals surface area (Å²) in [4.78, 5) is 23.1. The molecule has 0 atom stereocenters. The topological polar surface area (TPSA) is 96.0 Å². The Morgan fingerprint density at radius 2 is 2.04 bits per heavy atom. The van der Waals surface area contributed by atoms with Crippen molar-refractivity contribution in [1.29, 1.82) is 0 Å². The molecule has 24 heavy (non-hydrogen) atoms. The lowest BCUT2D eigenvalue weighted by atomic mass is 10.3. The Morgan fingerprint density at radius 1 is 1.29 bits per heavy atom. The molecule has 0 saturated carbocycles. The van der Waals surface area contributed by atoms with E-state index in [1.165, 1.54) is 23.1 Å². The number of hydrogen-bond acceptors (Lipinski definition) is 7. The Labute approximate surface area is 152 Å². The molecule has 1 aromatic carbocycles. The number of anilines is 2. The normalized spacial score (nSPS) is 10.5. The number of para-hydroxylation sites is 1. The van der Waals surface area contributed by atoms with Crippen LogP contribution in [0, 0.1) is 0 Å². The fourth-order valence-corrected chi connectivity index (χ4v) is 3.33. The molecule has 0 aliphatic heterocycles. The van der Waals surface area contributed by atoms with E-state index in [1.807, 2.05) is 32.0 Å². The van der Waals surface area contributed by atoms with Gasteiger partial charge in [-0.1, -0.05) is 46.8 Å². The second kappa shape index (κ2) is 8.86. The fourth-order valence-electron chi connectivity index (χ4n) is 1.58. The molecule has 0 bridgehead atoms. The molecule has 0 aliphatic rings. The largest absolute Gasteiger partial charge is 0.336 e. The Kier molecular flexibility index (Phi) is 6.83. The number of thioether (sulfide) groups is 1. The van der Waals surface area contributed by atoms with Gasteiger partial charge in [0.2, 0.25) is 11.0 Å². The fraction of sp³-hybridized carbons (Fsp3) is 0.286. The standard InChI is InChI=1S/C14H16ClN5O2S2/c1-8(2)16-12(22)18-11(21)7-23-14-20-19-13(24-14)17-10-6-4-3-5-9(10)15/h3-6,8H,7H2,1-2H3,(H,17,19)(H2,16,18,21,22). The number of benzene rings is 1. The predicted octanol–water partition coefficient (Wildman–Crippen LogP) is 3.26. The summed E-state index contributed by atoms with van der Waals surface area (Å²) >= 11 is 8.57. The molecular formula is C14H16ClN5O2S2. The summed E-state index contributed by atoms with van der Waals surface area (Å²) in [6, 6.07) is 6.76. The zero-order chi connectivity index (χ0) is 17.5. The number of nitrogens with one attached hydrogen (secondary N) is 3. The molecule has 2 rings (SSSR count). The first-order valence-corrected chi connectivity index (χ1v) is 9.20. The number of hydrogen-bond donors (Lipinski definition) is 3. The highest BCUT2D eigenvalue weighted by atomic mass is 35.5. The average molecular weight is 386 g/mol. The maximum absolute atomic E-state index is 11.7. The molecule has 0 radical (unpaired) electrons. The van der Waals surface area contributed by atoms with Crippen molar-refractivity contribution in [1.82, 2.24) is 20.8 Å². The van der Waals surface area contributed by atoms with Crippen molar-refractivity contribution in [2.24, 2.45) is 0 Å². The van der Waals surface area contributed by atoms with Crippen LogP contribution in [-0.4, -0.2) is 33.9 Å². The van der Waals surface area contributed by atoms with Gasteiger partial charge in [0.25, 0.3) is 0 Å². The van der Waals surface area contributed by atoms with Crippen LogP contribution in [0.25, 0.3) is 0 Å². The summed E-state index contributed by atoms with van der Waals surface area (Å²) < 4.78 is 0.615. The highest BCUT2D eigenvalue weighted by Crippen LogP contribution is 2.30. The first kappa shape index (κ1) is 18.5. The van der Waals surface area contributed by atoms with E-state index >= 15 is 0 Å². The lowest BCUT2D eigenvalue weighted by molar-refractivity contribution is -0.117. The van der Waals surface area contributed by atoms with Gasteiger partial charge in [0.15, 0.2) is 4.34 Å². The number of amides is 3. The molecule has 128 valence electrons. The third-order valence-electron chi connectivity index (χ3n) is 2.52. The van der Waals surface area contributed by atoms with Gasteiger partial charge in [0.1, 0.15) is 0 Å². The van der Waals surface area contributed by atoms with E-state index in [1.54, 1.807) is 6.07 Å². The zero-order valence-electron chi connectivity index (χ0n) is 13.0. The second-order valence-electron chi connectivity index (χ2n) is 4.94. The molecule has 0 saturated heterocycles. The van der Waals surface area contributed by atoms with Gasteiger partial charge in [-0.05, 0) is 26.0 Å². The number of rotatable bonds is 6. The number of carbonyl (C=O) groups excluding carboxylic acids is 2. The maximum atomic E-state index is 11.7. The third-order valence-corrected chi connectivity index (χ3v) is 4.82. The highest BCUT2D eigenvalue weighted by molar-refractivity contribution is 8.01. The van der Waals surface area contributed by atoms with Crippen molar-refractivity contribution >= 4 is 57.5 Å². The summed E-state index contributed by atoms with van der Waals surface area (Å²) in [7, 11) is 0. The maximum Gasteiger partial charge on any atom is 0.321 e. The molecule has 0 spiro atoms. The first-order valence-electron chi connectivity index (χ1n) is 7.02. The molecule has 2 aromatic rings. The van der Waals surface area contributed by atoms with Gasteiger partial charge in [-0.2, -0.15) is 0 Å². The van der Waals surface area contributed by atoms with Gasteiger partial charge in [-0.15, -0.1) is 10.2 Å². The van der Waals surface area contributed by atoms with E-state index in [4.69, 9.17) is 11.6 Å². The van der Waals surface area contributed by atoms with Crippen molar-refractivity contribution in [3.8, 4) is 0 Å². The first-order chi connectivity index (χ1) is 11.4. The van der Waals surface area contributed by atoms with E-state index in [-0.39, 0.29) is 11.8 Å². The van der Waals surface area contributed by atoms with Crippen LogP contribution in [0.1, 0.15) is 13.8 Å². The van der Waals surface area contributed by atoms with Gasteiger partial charge in [0, 0.05) is 6.04 Å². The molecular weight excluding hydrogens is 370 g/mol. The number of urea groups is 1.